The number of carbonyl (C=O) groups is 1. The van der Waals surface area contributed by atoms with Gasteiger partial charge in [0.05, 0.1) is 23.7 Å². The van der Waals surface area contributed by atoms with E-state index in [0.717, 1.165) is 25.9 Å². The van der Waals surface area contributed by atoms with Gasteiger partial charge in [0, 0.05) is 31.6 Å². The van der Waals surface area contributed by atoms with Crippen molar-refractivity contribution in [3.63, 3.8) is 0 Å². The Morgan fingerprint density at radius 2 is 2.00 bits per heavy atom. The molecule has 1 aliphatic carbocycles. The minimum atomic E-state index is -3.74. The summed E-state index contributed by atoms with van der Waals surface area (Å²) in [6, 6.07) is 3.06. The van der Waals surface area contributed by atoms with E-state index in [-0.39, 0.29) is 28.2 Å². The zero-order valence-electron chi connectivity index (χ0n) is 18.7. The van der Waals surface area contributed by atoms with Crippen LogP contribution in [0.15, 0.2) is 28.7 Å². The molecule has 9 heteroatoms. The predicted molar refractivity (Wildman–Crippen MR) is 122 cm³/mol. The zero-order valence-corrected chi connectivity index (χ0v) is 19.5. The number of sulfonamides is 1. The molecule has 1 aromatic carbocycles. The highest BCUT2D eigenvalue weighted by atomic mass is 32.2. The fraction of sp³-hybridized carbons (Fsp3) is 0.609. The van der Waals surface area contributed by atoms with Crippen molar-refractivity contribution in [2.45, 2.75) is 55.9 Å². The molecule has 1 atom stereocenters. The number of likely N-dealkylation sites (tertiary alicyclic amines) is 1. The van der Waals surface area contributed by atoms with Gasteiger partial charge in [-0.05, 0) is 58.2 Å². The molecule has 3 aliphatic rings. The van der Waals surface area contributed by atoms with E-state index in [1.807, 2.05) is 0 Å². The highest BCUT2D eigenvalue weighted by molar-refractivity contribution is 7.89. The molecule has 4 rings (SSSR count). The second kappa shape index (κ2) is 10.2. The summed E-state index contributed by atoms with van der Waals surface area (Å²) in [5, 5.41) is 3.02. The van der Waals surface area contributed by atoms with Gasteiger partial charge >= 0.3 is 0 Å². The van der Waals surface area contributed by atoms with Gasteiger partial charge in [-0.2, -0.15) is 0 Å². The smallest absolute Gasteiger partial charge is 0.255 e. The average Bonchev–Trinajstić information content (AvgIpc) is 3.10. The molecule has 1 unspecified atom stereocenters. The Morgan fingerprint density at radius 1 is 1.16 bits per heavy atom. The third kappa shape index (κ3) is 5.27. The Morgan fingerprint density at radius 3 is 2.78 bits per heavy atom. The lowest BCUT2D eigenvalue weighted by Crippen LogP contribution is -2.41. The van der Waals surface area contributed by atoms with E-state index in [9.17, 15) is 13.2 Å². The molecule has 0 aromatic heterocycles. The molecule has 0 bridgehead atoms. The standard InChI is InChI=1S/C23H33N3O5S/c1-24-32(28,29)19-13-20(22-21(14-19)30-11-6-12-31-22)23(27)25-15-18-9-5-10-26(18)16-17-7-3-2-4-8-17/h7,13-14,18,24H,2-6,8-12,15-16H2,1H3,(H,25,27). The minimum Gasteiger partial charge on any atom is -0.489 e. The number of amides is 1. The molecule has 2 heterocycles. The van der Waals surface area contributed by atoms with E-state index in [1.54, 1.807) is 0 Å². The van der Waals surface area contributed by atoms with E-state index < -0.39 is 10.0 Å². The lowest BCUT2D eigenvalue weighted by atomic mass is 9.99. The SMILES string of the molecule is CNS(=O)(=O)c1cc2c(c(C(=O)NCC3CCCN3CC3=CCCCC3)c1)OCCCO2. The molecule has 32 heavy (non-hydrogen) atoms. The second-order valence-corrected chi connectivity index (χ2v) is 10.5. The first-order chi connectivity index (χ1) is 15.5. The van der Waals surface area contributed by atoms with E-state index in [4.69, 9.17) is 9.47 Å². The second-order valence-electron chi connectivity index (χ2n) is 8.64. The molecule has 1 fully saturated rings. The number of ether oxygens (including phenoxy) is 2. The summed E-state index contributed by atoms with van der Waals surface area (Å²) in [5.41, 5.74) is 1.70. The highest BCUT2D eigenvalue weighted by Crippen LogP contribution is 2.36. The highest BCUT2D eigenvalue weighted by Gasteiger charge is 2.28. The van der Waals surface area contributed by atoms with Crippen molar-refractivity contribution in [1.82, 2.24) is 14.9 Å². The normalized spacial score (nSPS) is 21.7. The van der Waals surface area contributed by atoms with Gasteiger partial charge in [0.25, 0.3) is 5.91 Å². The van der Waals surface area contributed by atoms with Crippen LogP contribution in [-0.4, -0.2) is 65.2 Å². The van der Waals surface area contributed by atoms with Gasteiger partial charge in [0.15, 0.2) is 11.5 Å². The maximum atomic E-state index is 13.2. The number of nitrogens with zero attached hydrogens (tertiary/aromatic N) is 1. The van der Waals surface area contributed by atoms with Crippen LogP contribution in [0.3, 0.4) is 0 Å². The Kier molecular flexibility index (Phi) is 7.37. The first-order valence-electron chi connectivity index (χ1n) is 11.6. The number of fused-ring (bicyclic) bond motifs is 1. The van der Waals surface area contributed by atoms with Crippen LogP contribution in [-0.2, 0) is 10.0 Å². The Hall–Kier alpha value is -2.10. The van der Waals surface area contributed by atoms with Gasteiger partial charge in [-0.15, -0.1) is 0 Å². The molecule has 0 spiro atoms. The molecule has 1 amide bonds. The third-order valence-corrected chi connectivity index (χ3v) is 7.83. The molecule has 8 nitrogen and oxygen atoms in total. The van der Waals surface area contributed by atoms with Gasteiger partial charge in [-0.25, -0.2) is 13.1 Å². The van der Waals surface area contributed by atoms with Crippen LogP contribution in [0.25, 0.3) is 0 Å². The number of hydrogen-bond acceptors (Lipinski definition) is 6. The number of benzene rings is 1. The minimum absolute atomic E-state index is 0.0128. The predicted octanol–water partition coefficient (Wildman–Crippen LogP) is 2.45. The summed E-state index contributed by atoms with van der Waals surface area (Å²) in [5.74, 6) is 0.255. The monoisotopic (exact) mass is 463 g/mol. The van der Waals surface area contributed by atoms with Crippen molar-refractivity contribution in [3.05, 3.63) is 29.3 Å². The molecule has 1 saturated heterocycles. The summed E-state index contributed by atoms with van der Waals surface area (Å²) in [6.07, 6.45) is 10.1. The van der Waals surface area contributed by atoms with Crippen molar-refractivity contribution in [2.75, 3.05) is 39.9 Å². The maximum Gasteiger partial charge on any atom is 0.255 e. The average molecular weight is 464 g/mol. The van der Waals surface area contributed by atoms with Crippen LogP contribution >= 0.6 is 0 Å². The van der Waals surface area contributed by atoms with Gasteiger partial charge in [0.2, 0.25) is 10.0 Å². The van der Waals surface area contributed by atoms with Gasteiger partial charge in [-0.1, -0.05) is 11.6 Å². The van der Waals surface area contributed by atoms with Crippen LogP contribution in [0.5, 0.6) is 11.5 Å². The molecule has 176 valence electrons. The van der Waals surface area contributed by atoms with E-state index in [0.29, 0.717) is 31.9 Å². The molecular weight excluding hydrogens is 430 g/mol. The van der Waals surface area contributed by atoms with Crippen molar-refractivity contribution >= 4 is 15.9 Å². The van der Waals surface area contributed by atoms with Crippen LogP contribution in [0.1, 0.15) is 55.3 Å². The van der Waals surface area contributed by atoms with Crippen molar-refractivity contribution < 1.29 is 22.7 Å². The topological polar surface area (TPSA) is 97.0 Å². The number of hydrogen-bond donors (Lipinski definition) is 2. The first-order valence-corrected chi connectivity index (χ1v) is 13.0. The van der Waals surface area contributed by atoms with E-state index >= 15 is 0 Å². The fourth-order valence-corrected chi connectivity index (χ4v) is 5.41. The van der Waals surface area contributed by atoms with Gasteiger partial charge in [0.1, 0.15) is 0 Å². The third-order valence-electron chi connectivity index (χ3n) is 6.43. The molecule has 0 radical (unpaired) electrons. The largest absolute Gasteiger partial charge is 0.489 e. The van der Waals surface area contributed by atoms with Crippen LogP contribution in [0.4, 0.5) is 0 Å². The van der Waals surface area contributed by atoms with E-state index in [2.05, 4.69) is 21.0 Å². The Bertz CT molecular complexity index is 976. The number of rotatable bonds is 7. The lowest BCUT2D eigenvalue weighted by Gasteiger charge is -2.27. The zero-order chi connectivity index (χ0) is 22.6. The van der Waals surface area contributed by atoms with Gasteiger partial charge < -0.3 is 14.8 Å². The summed E-state index contributed by atoms with van der Waals surface area (Å²) in [7, 11) is -2.39. The van der Waals surface area contributed by atoms with Crippen molar-refractivity contribution in [3.8, 4) is 11.5 Å². The van der Waals surface area contributed by atoms with Crippen LogP contribution in [0.2, 0.25) is 0 Å². The molecule has 1 aromatic rings. The van der Waals surface area contributed by atoms with Crippen LogP contribution in [0, 0.1) is 0 Å². The Labute approximate surface area is 190 Å². The lowest BCUT2D eigenvalue weighted by molar-refractivity contribution is 0.0937. The number of allylic oxidation sites excluding steroid dienone is 1. The fourth-order valence-electron chi connectivity index (χ4n) is 4.64. The van der Waals surface area contributed by atoms with Crippen molar-refractivity contribution in [1.29, 1.82) is 0 Å². The maximum absolute atomic E-state index is 13.2. The quantitative estimate of drug-likeness (QED) is 0.603. The number of nitrogens with one attached hydrogen (secondary N) is 2. The molecule has 2 aliphatic heterocycles. The summed E-state index contributed by atoms with van der Waals surface area (Å²) in [6.45, 7) is 3.36. The Balaban J connectivity index is 1.50. The van der Waals surface area contributed by atoms with E-state index in [1.165, 1.54) is 50.4 Å². The summed E-state index contributed by atoms with van der Waals surface area (Å²) in [4.78, 5) is 15.6. The molecule has 0 saturated carbocycles. The van der Waals surface area contributed by atoms with Gasteiger partial charge in [-0.3, -0.25) is 9.69 Å². The number of carbonyl (C=O) groups excluding carboxylic acids is 1. The molecule has 2 N–H and O–H groups in total. The van der Waals surface area contributed by atoms with Crippen LogP contribution < -0.4 is 19.5 Å². The first kappa shape index (κ1) is 23.1. The summed E-state index contributed by atoms with van der Waals surface area (Å²) < 4.78 is 38.6. The molecular formula is C23H33N3O5S. The van der Waals surface area contributed by atoms with Crippen molar-refractivity contribution in [2.24, 2.45) is 0 Å². The summed E-state index contributed by atoms with van der Waals surface area (Å²) >= 11 is 0.